The number of nitrogens with zero attached hydrogens (tertiary/aromatic N) is 2. The summed E-state index contributed by atoms with van der Waals surface area (Å²) in [6.45, 7) is 9.86. The molecule has 3 fully saturated rings. The minimum absolute atomic E-state index is 0.675. The van der Waals surface area contributed by atoms with Crippen LogP contribution in [-0.2, 0) is 0 Å². The van der Waals surface area contributed by atoms with Gasteiger partial charge in [-0.3, -0.25) is 4.90 Å². The second-order valence-corrected chi connectivity index (χ2v) is 6.58. The van der Waals surface area contributed by atoms with Crippen LogP contribution in [0.3, 0.4) is 0 Å². The second-order valence-electron chi connectivity index (χ2n) is 6.58. The second kappa shape index (κ2) is 5.48. The molecule has 3 heteroatoms. The van der Waals surface area contributed by atoms with Crippen molar-refractivity contribution in [1.82, 2.24) is 15.1 Å². The van der Waals surface area contributed by atoms with Crippen molar-refractivity contribution >= 4 is 0 Å². The van der Waals surface area contributed by atoms with E-state index in [1.54, 1.807) is 0 Å². The molecule has 0 bridgehead atoms. The minimum atomic E-state index is 0.675. The third-order valence-corrected chi connectivity index (χ3v) is 5.39. The Morgan fingerprint density at radius 3 is 2.89 bits per heavy atom. The fourth-order valence-electron chi connectivity index (χ4n) is 4.31. The van der Waals surface area contributed by atoms with Crippen LogP contribution >= 0.6 is 0 Å². The van der Waals surface area contributed by atoms with E-state index in [9.17, 15) is 0 Å². The van der Waals surface area contributed by atoms with Gasteiger partial charge in [0, 0.05) is 37.3 Å². The van der Waals surface area contributed by atoms with Gasteiger partial charge in [-0.1, -0.05) is 6.92 Å². The van der Waals surface area contributed by atoms with Crippen molar-refractivity contribution in [3.63, 3.8) is 0 Å². The molecular weight excluding hydrogens is 222 g/mol. The zero-order valence-corrected chi connectivity index (χ0v) is 12.1. The Kier molecular flexibility index (Phi) is 3.92. The molecule has 3 heterocycles. The van der Waals surface area contributed by atoms with Gasteiger partial charge in [0.2, 0.25) is 0 Å². The van der Waals surface area contributed by atoms with E-state index >= 15 is 0 Å². The maximum atomic E-state index is 3.65. The largest absolute Gasteiger partial charge is 0.311 e. The molecule has 3 saturated heterocycles. The maximum Gasteiger partial charge on any atom is 0.0221 e. The SMILES string of the molecule is CCC1CNC(C)CN1C1CCN2CCCC2C1. The molecule has 0 aromatic rings. The van der Waals surface area contributed by atoms with Gasteiger partial charge < -0.3 is 10.2 Å². The summed E-state index contributed by atoms with van der Waals surface area (Å²) in [7, 11) is 0. The van der Waals surface area contributed by atoms with Gasteiger partial charge >= 0.3 is 0 Å². The molecule has 104 valence electrons. The summed E-state index contributed by atoms with van der Waals surface area (Å²) in [4.78, 5) is 5.58. The summed E-state index contributed by atoms with van der Waals surface area (Å²) in [6, 6.07) is 3.22. The topological polar surface area (TPSA) is 18.5 Å². The molecule has 3 aliphatic rings. The van der Waals surface area contributed by atoms with E-state index in [4.69, 9.17) is 0 Å². The molecule has 0 saturated carbocycles. The zero-order chi connectivity index (χ0) is 12.5. The third-order valence-electron chi connectivity index (χ3n) is 5.39. The van der Waals surface area contributed by atoms with Gasteiger partial charge in [0.15, 0.2) is 0 Å². The number of piperazine rings is 1. The summed E-state index contributed by atoms with van der Waals surface area (Å²) >= 11 is 0. The van der Waals surface area contributed by atoms with Crippen LogP contribution < -0.4 is 5.32 Å². The Hall–Kier alpha value is -0.120. The summed E-state index contributed by atoms with van der Waals surface area (Å²) < 4.78 is 0. The first-order valence-corrected chi connectivity index (χ1v) is 8.01. The van der Waals surface area contributed by atoms with Crippen molar-refractivity contribution in [1.29, 1.82) is 0 Å². The molecule has 0 radical (unpaired) electrons. The van der Waals surface area contributed by atoms with E-state index in [0.29, 0.717) is 6.04 Å². The smallest absolute Gasteiger partial charge is 0.0221 e. The zero-order valence-electron chi connectivity index (χ0n) is 12.1. The van der Waals surface area contributed by atoms with Crippen molar-refractivity contribution in [2.75, 3.05) is 26.2 Å². The number of rotatable bonds is 2. The van der Waals surface area contributed by atoms with Crippen molar-refractivity contribution in [2.45, 2.75) is 70.1 Å². The number of nitrogens with one attached hydrogen (secondary N) is 1. The average molecular weight is 251 g/mol. The molecule has 0 aromatic carbocycles. The molecule has 4 unspecified atom stereocenters. The summed E-state index contributed by atoms with van der Waals surface area (Å²) in [5.41, 5.74) is 0. The molecule has 3 rings (SSSR count). The maximum absolute atomic E-state index is 3.65. The Bertz CT molecular complexity index is 281. The number of piperidine rings is 1. The Morgan fingerprint density at radius 1 is 1.17 bits per heavy atom. The van der Waals surface area contributed by atoms with Crippen LogP contribution in [0.4, 0.5) is 0 Å². The van der Waals surface area contributed by atoms with Gasteiger partial charge in [0.25, 0.3) is 0 Å². The molecule has 1 N–H and O–H groups in total. The van der Waals surface area contributed by atoms with Crippen molar-refractivity contribution in [3.8, 4) is 0 Å². The lowest BCUT2D eigenvalue weighted by molar-refractivity contribution is 0.0315. The van der Waals surface area contributed by atoms with E-state index in [2.05, 4.69) is 29.0 Å². The Labute approximate surface area is 112 Å². The molecular formula is C15H29N3. The highest BCUT2D eigenvalue weighted by Crippen LogP contribution is 2.31. The summed E-state index contributed by atoms with van der Waals surface area (Å²) in [6.07, 6.45) is 7.02. The van der Waals surface area contributed by atoms with E-state index in [-0.39, 0.29) is 0 Å². The van der Waals surface area contributed by atoms with E-state index in [1.807, 2.05) is 0 Å². The number of hydrogen-bond donors (Lipinski definition) is 1. The molecule has 0 aromatic heterocycles. The fraction of sp³-hybridized carbons (Fsp3) is 1.00. The average Bonchev–Trinajstić information content (AvgIpc) is 2.85. The number of hydrogen-bond acceptors (Lipinski definition) is 3. The molecule has 3 nitrogen and oxygen atoms in total. The van der Waals surface area contributed by atoms with Gasteiger partial charge in [0.05, 0.1) is 0 Å². The van der Waals surface area contributed by atoms with Crippen molar-refractivity contribution < 1.29 is 0 Å². The summed E-state index contributed by atoms with van der Waals surface area (Å²) in [5.74, 6) is 0. The molecule has 3 aliphatic heterocycles. The predicted octanol–water partition coefficient (Wildman–Crippen LogP) is 1.69. The van der Waals surface area contributed by atoms with Crippen LogP contribution in [0, 0.1) is 0 Å². The van der Waals surface area contributed by atoms with Gasteiger partial charge in [-0.05, 0) is 52.1 Å². The summed E-state index contributed by atoms with van der Waals surface area (Å²) in [5, 5.41) is 3.65. The van der Waals surface area contributed by atoms with Crippen LogP contribution in [0.25, 0.3) is 0 Å². The van der Waals surface area contributed by atoms with Crippen LogP contribution in [0.15, 0.2) is 0 Å². The minimum Gasteiger partial charge on any atom is -0.311 e. The van der Waals surface area contributed by atoms with Crippen LogP contribution in [0.1, 0.15) is 46.0 Å². The van der Waals surface area contributed by atoms with Crippen molar-refractivity contribution in [3.05, 3.63) is 0 Å². The Morgan fingerprint density at radius 2 is 2.06 bits per heavy atom. The highest BCUT2D eigenvalue weighted by atomic mass is 15.3. The number of fused-ring (bicyclic) bond motifs is 1. The van der Waals surface area contributed by atoms with Gasteiger partial charge in [0.1, 0.15) is 0 Å². The molecule has 0 amide bonds. The monoisotopic (exact) mass is 251 g/mol. The highest BCUT2D eigenvalue weighted by molar-refractivity contribution is 4.94. The Balaban J connectivity index is 1.65. The van der Waals surface area contributed by atoms with E-state index in [1.165, 1.54) is 58.3 Å². The standard InChI is InChI=1S/C15H29N3/c1-3-13-10-16-12(2)11-18(13)15-6-8-17-7-4-5-14(17)9-15/h12-16H,3-11H2,1-2H3. The van der Waals surface area contributed by atoms with E-state index in [0.717, 1.165) is 18.1 Å². The third kappa shape index (κ3) is 2.45. The molecule has 0 aliphatic carbocycles. The van der Waals surface area contributed by atoms with E-state index < -0.39 is 0 Å². The first-order valence-electron chi connectivity index (χ1n) is 8.01. The quantitative estimate of drug-likeness (QED) is 0.806. The van der Waals surface area contributed by atoms with Crippen LogP contribution in [0.5, 0.6) is 0 Å². The first-order chi connectivity index (χ1) is 8.78. The van der Waals surface area contributed by atoms with Crippen LogP contribution in [-0.4, -0.2) is 60.1 Å². The molecule has 4 atom stereocenters. The normalized spacial score (nSPS) is 43.0. The van der Waals surface area contributed by atoms with Gasteiger partial charge in [-0.2, -0.15) is 0 Å². The molecule has 18 heavy (non-hydrogen) atoms. The van der Waals surface area contributed by atoms with Gasteiger partial charge in [-0.25, -0.2) is 0 Å². The first kappa shape index (κ1) is 12.9. The van der Waals surface area contributed by atoms with Crippen LogP contribution in [0.2, 0.25) is 0 Å². The lowest BCUT2D eigenvalue weighted by atomic mass is 9.93. The van der Waals surface area contributed by atoms with Gasteiger partial charge in [-0.15, -0.1) is 0 Å². The molecule has 0 spiro atoms. The fourth-order valence-corrected chi connectivity index (χ4v) is 4.31. The lowest BCUT2D eigenvalue weighted by Gasteiger charge is -2.47. The highest BCUT2D eigenvalue weighted by Gasteiger charge is 2.37. The lowest BCUT2D eigenvalue weighted by Crippen LogP contribution is -2.60. The predicted molar refractivity (Wildman–Crippen MR) is 75.9 cm³/mol. The van der Waals surface area contributed by atoms with Crippen molar-refractivity contribution in [2.24, 2.45) is 0 Å².